The molecule has 0 spiro atoms. The maximum absolute atomic E-state index is 11.6. The summed E-state index contributed by atoms with van der Waals surface area (Å²) in [5, 5.41) is 0.579. The normalized spacial score (nSPS) is 11.0. The Balaban J connectivity index is 2.54. The van der Waals surface area contributed by atoms with Gasteiger partial charge in [-0.25, -0.2) is 4.79 Å². The van der Waals surface area contributed by atoms with Gasteiger partial charge in [-0.15, -0.1) is 0 Å². The summed E-state index contributed by atoms with van der Waals surface area (Å²) in [7, 11) is 0. The molecule has 1 aromatic heterocycles. The molecule has 0 saturated carbocycles. The number of benzene rings is 1. The van der Waals surface area contributed by atoms with E-state index in [-0.39, 0.29) is 5.78 Å². The molecule has 1 aromatic carbocycles. The first-order valence-corrected chi connectivity index (χ1v) is 5.66. The van der Waals surface area contributed by atoms with Gasteiger partial charge in [0.05, 0.1) is 5.52 Å². The van der Waals surface area contributed by atoms with Crippen LogP contribution in [0.4, 0.5) is 0 Å². The maximum Gasteiger partial charge on any atom is 0.419 e. The second-order valence-corrected chi connectivity index (χ2v) is 4.45. The van der Waals surface area contributed by atoms with Crippen molar-refractivity contribution in [3.05, 3.63) is 33.3 Å². The molecule has 90 valence electrons. The summed E-state index contributed by atoms with van der Waals surface area (Å²) in [6, 6.07) is 3.42. The number of Topliss-reactive ketones (excluding diaryl/α,β-unsaturated/α-hetero) is 1. The van der Waals surface area contributed by atoms with Gasteiger partial charge >= 0.3 is 5.76 Å². The molecule has 2 rings (SSSR count). The molecule has 0 atom stereocenters. The fraction of sp³-hybridized carbons (Fsp3) is 0.333. The van der Waals surface area contributed by atoms with Gasteiger partial charge in [0, 0.05) is 18.0 Å². The van der Waals surface area contributed by atoms with Gasteiger partial charge in [0.25, 0.3) is 0 Å². The Kier molecular flexibility index (Phi) is 3.07. The summed E-state index contributed by atoms with van der Waals surface area (Å²) >= 11 is 6.01. The lowest BCUT2D eigenvalue weighted by molar-refractivity contribution is -0.117. The predicted octanol–water partition coefficient (Wildman–Crippen LogP) is 2.54. The zero-order valence-electron chi connectivity index (χ0n) is 9.62. The van der Waals surface area contributed by atoms with Crippen molar-refractivity contribution in [2.45, 2.75) is 26.8 Å². The van der Waals surface area contributed by atoms with E-state index < -0.39 is 5.76 Å². The fourth-order valence-corrected chi connectivity index (χ4v) is 1.82. The van der Waals surface area contributed by atoms with E-state index in [2.05, 4.69) is 0 Å². The van der Waals surface area contributed by atoms with E-state index in [9.17, 15) is 9.59 Å². The van der Waals surface area contributed by atoms with Crippen LogP contribution in [0.25, 0.3) is 11.1 Å². The number of nitrogens with zero attached hydrogens (tertiary/aromatic N) is 1. The Labute approximate surface area is 103 Å². The number of halogens is 1. The Morgan fingerprint density at radius 2 is 2.18 bits per heavy atom. The third-order valence-electron chi connectivity index (χ3n) is 2.64. The minimum atomic E-state index is -0.456. The zero-order valence-corrected chi connectivity index (χ0v) is 10.4. The smallest absolute Gasteiger partial charge is 0.408 e. The first kappa shape index (κ1) is 11.9. The molecule has 0 N–H and O–H groups in total. The van der Waals surface area contributed by atoms with Crippen LogP contribution >= 0.6 is 11.6 Å². The highest BCUT2D eigenvalue weighted by molar-refractivity contribution is 6.32. The zero-order chi connectivity index (χ0) is 12.6. The lowest BCUT2D eigenvalue weighted by atomic mass is 10.2. The molecule has 1 heterocycles. The van der Waals surface area contributed by atoms with Gasteiger partial charge < -0.3 is 4.42 Å². The van der Waals surface area contributed by atoms with E-state index in [1.54, 1.807) is 12.1 Å². The van der Waals surface area contributed by atoms with E-state index in [1.807, 2.05) is 6.92 Å². The monoisotopic (exact) mass is 253 g/mol. The molecule has 2 aromatic rings. The van der Waals surface area contributed by atoms with Gasteiger partial charge in [-0.3, -0.25) is 9.36 Å². The highest BCUT2D eigenvalue weighted by Gasteiger charge is 2.11. The summed E-state index contributed by atoms with van der Waals surface area (Å²) in [6.45, 7) is 3.65. The number of aromatic nitrogens is 1. The first-order valence-electron chi connectivity index (χ1n) is 5.28. The molecule has 0 unspecified atom stereocenters. The van der Waals surface area contributed by atoms with Crippen molar-refractivity contribution in [2.75, 3.05) is 0 Å². The highest BCUT2D eigenvalue weighted by atomic mass is 35.5. The molecule has 4 nitrogen and oxygen atoms in total. The third kappa shape index (κ3) is 2.26. The Bertz CT molecular complexity index is 639. The van der Waals surface area contributed by atoms with Gasteiger partial charge in [-0.1, -0.05) is 11.6 Å². The number of fused-ring (bicyclic) bond motifs is 1. The summed E-state index contributed by atoms with van der Waals surface area (Å²) in [5.41, 5.74) is 1.99. The van der Waals surface area contributed by atoms with Gasteiger partial charge in [0.1, 0.15) is 5.78 Å². The van der Waals surface area contributed by atoms with Crippen LogP contribution in [0.3, 0.4) is 0 Å². The van der Waals surface area contributed by atoms with Crippen molar-refractivity contribution < 1.29 is 9.21 Å². The van der Waals surface area contributed by atoms with Crippen LogP contribution in [0.15, 0.2) is 21.3 Å². The Hall–Kier alpha value is -1.55. The van der Waals surface area contributed by atoms with Crippen LogP contribution in [0.5, 0.6) is 0 Å². The van der Waals surface area contributed by atoms with Crippen molar-refractivity contribution in [3.63, 3.8) is 0 Å². The summed E-state index contributed by atoms with van der Waals surface area (Å²) in [5.74, 6) is -0.424. The van der Waals surface area contributed by atoms with Gasteiger partial charge in [-0.2, -0.15) is 0 Å². The number of aryl methyl sites for hydroxylation is 2. The summed E-state index contributed by atoms with van der Waals surface area (Å²) in [6.07, 6.45) is 0.306. The van der Waals surface area contributed by atoms with Crippen molar-refractivity contribution in [2.24, 2.45) is 0 Å². The van der Waals surface area contributed by atoms with Crippen LogP contribution in [0.1, 0.15) is 18.9 Å². The number of ketones is 1. The molecular formula is C12H12ClNO3. The molecule has 5 heteroatoms. The minimum Gasteiger partial charge on any atom is -0.408 e. The third-order valence-corrected chi connectivity index (χ3v) is 3.04. The van der Waals surface area contributed by atoms with Crippen molar-refractivity contribution in [1.82, 2.24) is 4.57 Å². The van der Waals surface area contributed by atoms with Crippen LogP contribution in [-0.2, 0) is 11.3 Å². The highest BCUT2D eigenvalue weighted by Crippen LogP contribution is 2.22. The van der Waals surface area contributed by atoms with Crippen molar-refractivity contribution in [3.8, 4) is 0 Å². The first-order chi connectivity index (χ1) is 7.99. The lowest BCUT2D eigenvalue weighted by Crippen LogP contribution is -2.15. The fourth-order valence-electron chi connectivity index (χ4n) is 1.67. The quantitative estimate of drug-likeness (QED) is 0.845. The second-order valence-electron chi connectivity index (χ2n) is 4.04. The van der Waals surface area contributed by atoms with Crippen LogP contribution < -0.4 is 5.76 Å². The van der Waals surface area contributed by atoms with E-state index in [4.69, 9.17) is 16.0 Å². The lowest BCUT2D eigenvalue weighted by Gasteiger charge is -2.01. The molecule has 0 amide bonds. The van der Waals surface area contributed by atoms with Crippen LogP contribution in [0, 0.1) is 6.92 Å². The molecule has 0 fully saturated rings. The van der Waals surface area contributed by atoms with E-state index in [1.165, 1.54) is 11.5 Å². The second kappa shape index (κ2) is 4.37. The van der Waals surface area contributed by atoms with Crippen LogP contribution in [0.2, 0.25) is 5.02 Å². The number of rotatable bonds is 3. The molecule has 0 aliphatic carbocycles. The molecule has 0 bridgehead atoms. The van der Waals surface area contributed by atoms with Crippen molar-refractivity contribution in [1.29, 1.82) is 0 Å². The topological polar surface area (TPSA) is 52.2 Å². The van der Waals surface area contributed by atoms with Gasteiger partial charge in [0.2, 0.25) is 0 Å². The average Bonchev–Trinajstić information content (AvgIpc) is 2.52. The molecule has 0 saturated heterocycles. The van der Waals surface area contributed by atoms with E-state index in [0.717, 1.165) is 5.56 Å². The standard InChI is InChI=1S/C12H12ClNO3/c1-7-5-11-10(6-9(7)13)14(12(16)17-11)4-3-8(2)15/h5-6H,3-4H2,1-2H3. The van der Waals surface area contributed by atoms with E-state index >= 15 is 0 Å². The molecule has 17 heavy (non-hydrogen) atoms. The largest absolute Gasteiger partial charge is 0.419 e. The van der Waals surface area contributed by atoms with Gasteiger partial charge in [-0.05, 0) is 31.5 Å². The molecule has 0 radical (unpaired) electrons. The number of carbonyl (C=O) groups is 1. The molecule has 0 aliphatic rings. The number of carbonyl (C=O) groups excluding carboxylic acids is 1. The Morgan fingerprint density at radius 1 is 1.47 bits per heavy atom. The summed E-state index contributed by atoms with van der Waals surface area (Å²) < 4.78 is 6.54. The van der Waals surface area contributed by atoms with Crippen molar-refractivity contribution >= 4 is 28.5 Å². The molecule has 0 aliphatic heterocycles. The van der Waals surface area contributed by atoms with Crippen LogP contribution in [-0.4, -0.2) is 10.4 Å². The average molecular weight is 254 g/mol. The van der Waals surface area contributed by atoms with E-state index in [0.29, 0.717) is 29.1 Å². The molecular weight excluding hydrogens is 242 g/mol. The number of oxazole rings is 1. The number of hydrogen-bond acceptors (Lipinski definition) is 3. The minimum absolute atomic E-state index is 0.0319. The Morgan fingerprint density at radius 3 is 2.82 bits per heavy atom. The van der Waals surface area contributed by atoms with Gasteiger partial charge in [0.15, 0.2) is 5.58 Å². The number of hydrogen-bond donors (Lipinski definition) is 0. The summed E-state index contributed by atoms with van der Waals surface area (Å²) in [4.78, 5) is 22.6. The predicted molar refractivity (Wildman–Crippen MR) is 65.5 cm³/mol. The maximum atomic E-state index is 11.6. The SMILES string of the molecule is CC(=O)CCn1c(=O)oc2cc(C)c(Cl)cc21.